The molecular weight excluding hydrogens is 520 g/mol. The number of amides is 1. The van der Waals surface area contributed by atoms with Crippen LogP contribution in [0.15, 0.2) is 60.8 Å². The van der Waals surface area contributed by atoms with Crippen molar-refractivity contribution in [1.82, 2.24) is 24.5 Å². The molecule has 4 aromatic rings. The Labute approximate surface area is 231 Å². The molecule has 0 radical (unpaired) electrons. The van der Waals surface area contributed by atoms with Gasteiger partial charge in [0, 0.05) is 44.5 Å². The number of nitrogens with zero attached hydrogens (tertiary/aromatic N) is 6. The summed E-state index contributed by atoms with van der Waals surface area (Å²) in [6.07, 6.45) is 1.51. The van der Waals surface area contributed by atoms with Gasteiger partial charge in [0.2, 0.25) is 0 Å². The highest BCUT2D eigenvalue weighted by Crippen LogP contribution is 2.31. The first-order chi connectivity index (χ1) is 18.9. The van der Waals surface area contributed by atoms with E-state index in [9.17, 15) is 9.59 Å². The van der Waals surface area contributed by atoms with Gasteiger partial charge in [-0.25, -0.2) is 9.48 Å². The molecule has 0 spiro atoms. The molecule has 0 bridgehead atoms. The molecule has 1 amide bonds. The van der Waals surface area contributed by atoms with Gasteiger partial charge in [0.25, 0.3) is 5.91 Å². The molecule has 0 aliphatic carbocycles. The number of esters is 1. The first kappa shape index (κ1) is 26.3. The Bertz CT molecular complexity index is 1490. The van der Waals surface area contributed by atoms with Crippen LogP contribution in [0.5, 0.6) is 5.75 Å². The molecule has 1 aliphatic rings. The maximum atomic E-state index is 12.9. The van der Waals surface area contributed by atoms with Crippen LogP contribution >= 0.6 is 11.6 Å². The van der Waals surface area contributed by atoms with Crippen LogP contribution in [0.4, 0.5) is 5.69 Å². The van der Waals surface area contributed by atoms with E-state index in [4.69, 9.17) is 21.1 Å². The van der Waals surface area contributed by atoms with E-state index in [2.05, 4.69) is 15.1 Å². The van der Waals surface area contributed by atoms with Crippen molar-refractivity contribution in [3.05, 3.63) is 77.2 Å². The Balaban J connectivity index is 1.36. The molecule has 1 fully saturated rings. The first-order valence-electron chi connectivity index (χ1n) is 12.6. The van der Waals surface area contributed by atoms with Crippen LogP contribution < -0.4 is 9.64 Å². The van der Waals surface area contributed by atoms with Gasteiger partial charge in [-0.2, -0.15) is 10.2 Å². The van der Waals surface area contributed by atoms with Crippen molar-refractivity contribution < 1.29 is 19.1 Å². The second-order valence-corrected chi connectivity index (χ2v) is 9.38. The number of aromatic nitrogens is 4. The number of hydrogen-bond acceptors (Lipinski definition) is 7. The van der Waals surface area contributed by atoms with Crippen molar-refractivity contribution in [3.8, 4) is 22.7 Å². The fourth-order valence-electron chi connectivity index (χ4n) is 4.63. The summed E-state index contributed by atoms with van der Waals surface area (Å²) in [4.78, 5) is 29.4. The standard InChI is InChI=1S/C28H29ClN6O4/c1-4-39-28(37)22-17-24(35(31-22)23-7-5-6-8-25(23)38-3)19-9-11-20(12-10-19)33-13-15-34(16-14-33)27(36)21-18-30-32(2)26(21)29/h5-12,17-18H,4,13-16H2,1-3H3. The van der Waals surface area contributed by atoms with Gasteiger partial charge >= 0.3 is 5.97 Å². The lowest BCUT2D eigenvalue weighted by atomic mass is 10.1. The zero-order valence-electron chi connectivity index (χ0n) is 22.0. The Morgan fingerprint density at radius 3 is 2.38 bits per heavy atom. The van der Waals surface area contributed by atoms with Gasteiger partial charge in [-0.05, 0) is 37.3 Å². The topological polar surface area (TPSA) is 94.7 Å². The summed E-state index contributed by atoms with van der Waals surface area (Å²) in [6, 6.07) is 17.3. The van der Waals surface area contributed by atoms with Gasteiger partial charge in [-0.3, -0.25) is 9.48 Å². The minimum absolute atomic E-state index is 0.106. The predicted octanol–water partition coefficient (Wildman–Crippen LogP) is 4.07. The number of halogens is 1. The molecule has 0 atom stereocenters. The lowest BCUT2D eigenvalue weighted by Gasteiger charge is -2.36. The summed E-state index contributed by atoms with van der Waals surface area (Å²) >= 11 is 6.22. The SMILES string of the molecule is CCOC(=O)c1cc(-c2ccc(N3CCN(C(=O)c4cnn(C)c4Cl)CC3)cc2)n(-c2ccccc2OC)n1. The molecule has 5 rings (SSSR count). The summed E-state index contributed by atoms with van der Waals surface area (Å²) in [5.41, 5.74) is 4.01. The smallest absolute Gasteiger partial charge is 0.358 e. The normalized spacial score (nSPS) is 13.4. The van der Waals surface area contributed by atoms with E-state index in [0.717, 1.165) is 16.9 Å². The molecule has 202 valence electrons. The summed E-state index contributed by atoms with van der Waals surface area (Å²) in [5.74, 6) is 0.0444. The predicted molar refractivity (Wildman–Crippen MR) is 148 cm³/mol. The highest BCUT2D eigenvalue weighted by molar-refractivity contribution is 6.32. The van der Waals surface area contributed by atoms with Crippen molar-refractivity contribution in [1.29, 1.82) is 0 Å². The summed E-state index contributed by atoms with van der Waals surface area (Å²) in [5, 5.41) is 8.97. The number of para-hydroxylation sites is 2. The molecule has 2 aromatic carbocycles. The number of methoxy groups -OCH3 is 1. The summed E-state index contributed by atoms with van der Waals surface area (Å²) in [6.45, 7) is 4.56. The fraction of sp³-hybridized carbons (Fsp3) is 0.286. The maximum absolute atomic E-state index is 12.9. The molecule has 1 aliphatic heterocycles. The van der Waals surface area contributed by atoms with E-state index in [0.29, 0.717) is 48.3 Å². The molecule has 39 heavy (non-hydrogen) atoms. The number of rotatable bonds is 7. The Morgan fingerprint density at radius 1 is 1.03 bits per heavy atom. The van der Waals surface area contributed by atoms with Gasteiger partial charge in [0.05, 0.1) is 31.2 Å². The van der Waals surface area contributed by atoms with Crippen LogP contribution in [0.25, 0.3) is 16.9 Å². The summed E-state index contributed by atoms with van der Waals surface area (Å²) < 4.78 is 13.9. The number of hydrogen-bond donors (Lipinski definition) is 0. The number of carbonyl (C=O) groups excluding carboxylic acids is 2. The minimum atomic E-state index is -0.482. The molecule has 0 saturated carbocycles. The lowest BCUT2D eigenvalue weighted by Crippen LogP contribution is -2.48. The molecule has 11 heteroatoms. The Kier molecular flexibility index (Phi) is 7.56. The van der Waals surface area contributed by atoms with Crippen molar-refractivity contribution in [2.45, 2.75) is 6.92 Å². The van der Waals surface area contributed by atoms with E-state index in [-0.39, 0.29) is 18.2 Å². The largest absolute Gasteiger partial charge is 0.494 e. The first-order valence-corrected chi connectivity index (χ1v) is 13.0. The third-order valence-electron chi connectivity index (χ3n) is 6.70. The second kappa shape index (κ2) is 11.2. The van der Waals surface area contributed by atoms with Crippen LogP contribution in [0.3, 0.4) is 0 Å². The highest BCUT2D eigenvalue weighted by Gasteiger charge is 2.26. The molecule has 10 nitrogen and oxygen atoms in total. The van der Waals surface area contributed by atoms with Crippen molar-refractivity contribution >= 4 is 29.2 Å². The van der Waals surface area contributed by atoms with E-state index < -0.39 is 5.97 Å². The monoisotopic (exact) mass is 548 g/mol. The minimum Gasteiger partial charge on any atom is -0.494 e. The lowest BCUT2D eigenvalue weighted by molar-refractivity contribution is 0.0518. The fourth-order valence-corrected chi connectivity index (χ4v) is 4.80. The molecule has 3 heterocycles. The maximum Gasteiger partial charge on any atom is 0.358 e. The Morgan fingerprint density at radius 2 is 1.74 bits per heavy atom. The van der Waals surface area contributed by atoms with E-state index in [1.54, 1.807) is 36.7 Å². The average molecular weight is 549 g/mol. The quantitative estimate of drug-likeness (QED) is 0.321. The molecular formula is C28H29ClN6O4. The Hall–Kier alpha value is -4.31. The number of carbonyl (C=O) groups is 2. The van der Waals surface area contributed by atoms with Crippen molar-refractivity contribution in [2.24, 2.45) is 7.05 Å². The van der Waals surface area contributed by atoms with Gasteiger partial charge in [0.1, 0.15) is 16.6 Å². The van der Waals surface area contributed by atoms with E-state index in [1.165, 1.54) is 10.9 Å². The van der Waals surface area contributed by atoms with Crippen LogP contribution in [0, 0.1) is 0 Å². The average Bonchev–Trinajstić information content (AvgIpc) is 3.56. The third-order valence-corrected chi connectivity index (χ3v) is 7.15. The third kappa shape index (κ3) is 5.20. The number of ether oxygens (including phenoxy) is 2. The van der Waals surface area contributed by atoms with Gasteiger partial charge in [-0.15, -0.1) is 0 Å². The summed E-state index contributed by atoms with van der Waals surface area (Å²) in [7, 11) is 3.31. The van der Waals surface area contributed by atoms with Gasteiger partial charge in [-0.1, -0.05) is 35.9 Å². The number of aryl methyl sites for hydroxylation is 1. The molecule has 0 N–H and O–H groups in total. The van der Waals surface area contributed by atoms with E-state index >= 15 is 0 Å². The van der Waals surface area contributed by atoms with Gasteiger partial charge in [0.15, 0.2) is 5.69 Å². The second-order valence-electron chi connectivity index (χ2n) is 9.02. The van der Waals surface area contributed by atoms with Crippen molar-refractivity contribution in [2.75, 3.05) is 44.8 Å². The number of piperazine rings is 1. The van der Waals surface area contributed by atoms with E-state index in [1.807, 2.05) is 48.5 Å². The highest BCUT2D eigenvalue weighted by atomic mass is 35.5. The molecule has 2 aromatic heterocycles. The molecule has 1 saturated heterocycles. The van der Waals surface area contributed by atoms with Crippen LogP contribution in [0.2, 0.25) is 5.15 Å². The zero-order chi connectivity index (χ0) is 27.5. The number of anilines is 1. The van der Waals surface area contributed by atoms with Crippen LogP contribution in [0.1, 0.15) is 27.8 Å². The van der Waals surface area contributed by atoms with Gasteiger partial charge < -0.3 is 19.3 Å². The zero-order valence-corrected chi connectivity index (χ0v) is 22.8. The van der Waals surface area contributed by atoms with Crippen LogP contribution in [-0.4, -0.2) is 76.2 Å². The van der Waals surface area contributed by atoms with Crippen LogP contribution in [-0.2, 0) is 11.8 Å². The molecule has 0 unspecified atom stereocenters. The van der Waals surface area contributed by atoms with Crippen molar-refractivity contribution in [3.63, 3.8) is 0 Å². The number of benzene rings is 2.